The van der Waals surface area contributed by atoms with Crippen LogP contribution in [0.5, 0.6) is 0 Å². The van der Waals surface area contributed by atoms with E-state index >= 15 is 0 Å². The van der Waals surface area contributed by atoms with Gasteiger partial charge in [0.2, 0.25) is 0 Å². The van der Waals surface area contributed by atoms with Crippen molar-refractivity contribution in [1.29, 1.82) is 0 Å². The Morgan fingerprint density at radius 2 is 2.17 bits per heavy atom. The molecule has 18 heavy (non-hydrogen) atoms. The molecule has 2 amide bonds. The number of carbonyl (C=O) groups is 2. The fourth-order valence-electron chi connectivity index (χ4n) is 1.50. The molecule has 2 heterocycles. The van der Waals surface area contributed by atoms with E-state index in [1.165, 1.54) is 6.20 Å². The van der Waals surface area contributed by atoms with Gasteiger partial charge < -0.3 is 15.5 Å². The first-order valence-corrected chi connectivity index (χ1v) is 5.97. The molecule has 6 heteroatoms. The molecule has 0 aromatic carbocycles. The van der Waals surface area contributed by atoms with E-state index in [9.17, 15) is 9.59 Å². The molecule has 0 atom stereocenters. The summed E-state index contributed by atoms with van der Waals surface area (Å²) in [6.45, 7) is 3.80. The molecule has 1 aliphatic heterocycles. The molecule has 2 N–H and O–H groups in total. The van der Waals surface area contributed by atoms with Crippen molar-refractivity contribution in [2.75, 3.05) is 31.5 Å². The largest absolute Gasteiger partial charge is 0.348 e. The van der Waals surface area contributed by atoms with Crippen molar-refractivity contribution < 1.29 is 9.59 Å². The Labute approximate surface area is 105 Å². The van der Waals surface area contributed by atoms with Gasteiger partial charge in [-0.1, -0.05) is 0 Å². The van der Waals surface area contributed by atoms with Gasteiger partial charge in [-0.05, 0) is 25.1 Å². The molecule has 6 nitrogen and oxygen atoms in total. The Morgan fingerprint density at radius 3 is 2.83 bits per heavy atom. The summed E-state index contributed by atoms with van der Waals surface area (Å²) in [6, 6.07) is 3.37. The number of rotatable bonds is 5. The van der Waals surface area contributed by atoms with Crippen molar-refractivity contribution in [3.8, 4) is 0 Å². The number of hydrogen-bond acceptors (Lipinski definition) is 4. The Kier molecular flexibility index (Phi) is 4.25. The van der Waals surface area contributed by atoms with Crippen LogP contribution >= 0.6 is 0 Å². The topological polar surface area (TPSA) is 74.1 Å². The van der Waals surface area contributed by atoms with Crippen molar-refractivity contribution >= 4 is 17.5 Å². The van der Waals surface area contributed by atoms with Crippen LogP contribution < -0.4 is 10.6 Å². The van der Waals surface area contributed by atoms with Crippen LogP contribution in [0.4, 0.5) is 5.69 Å². The van der Waals surface area contributed by atoms with Crippen LogP contribution in [0.15, 0.2) is 24.5 Å². The summed E-state index contributed by atoms with van der Waals surface area (Å²) in [7, 11) is 0. The van der Waals surface area contributed by atoms with Crippen LogP contribution in [0.25, 0.3) is 0 Å². The zero-order valence-corrected chi connectivity index (χ0v) is 10.1. The quantitative estimate of drug-likeness (QED) is 0.431. The van der Waals surface area contributed by atoms with Crippen molar-refractivity contribution in [3.05, 3.63) is 24.5 Å². The molecule has 96 valence electrons. The number of hydrogen-bond donors (Lipinski definition) is 2. The molecule has 0 saturated carbocycles. The van der Waals surface area contributed by atoms with E-state index in [1.807, 2.05) is 0 Å². The molecular weight excluding hydrogens is 232 g/mol. The second kappa shape index (κ2) is 6.11. The third kappa shape index (κ3) is 4.14. The fraction of sp³-hybridized carbons (Fsp3) is 0.417. The molecule has 2 rings (SSSR count). The van der Waals surface area contributed by atoms with Gasteiger partial charge in [-0.15, -0.1) is 0 Å². The van der Waals surface area contributed by atoms with Crippen LogP contribution in [-0.2, 0) is 9.59 Å². The highest BCUT2D eigenvalue weighted by Crippen LogP contribution is 2.03. The highest BCUT2D eigenvalue weighted by molar-refractivity contribution is 6.39. The summed E-state index contributed by atoms with van der Waals surface area (Å²) in [6.07, 6.45) is 3.96. The first-order valence-electron chi connectivity index (χ1n) is 5.97. The van der Waals surface area contributed by atoms with E-state index in [0.717, 1.165) is 26.1 Å². The average Bonchev–Trinajstić information content (AvgIpc) is 3.19. The highest BCUT2D eigenvalue weighted by Gasteiger charge is 2.16. The van der Waals surface area contributed by atoms with Crippen molar-refractivity contribution in [1.82, 2.24) is 15.2 Å². The van der Waals surface area contributed by atoms with Crippen molar-refractivity contribution in [2.24, 2.45) is 0 Å². The monoisotopic (exact) mass is 248 g/mol. The van der Waals surface area contributed by atoms with Crippen LogP contribution in [0.2, 0.25) is 0 Å². The summed E-state index contributed by atoms with van der Waals surface area (Å²) >= 11 is 0. The maximum atomic E-state index is 11.5. The number of nitrogens with zero attached hydrogens (tertiary/aromatic N) is 2. The molecule has 1 aliphatic rings. The van der Waals surface area contributed by atoms with Crippen molar-refractivity contribution in [2.45, 2.75) is 6.42 Å². The summed E-state index contributed by atoms with van der Waals surface area (Å²) in [5.41, 5.74) is 0.516. The standard InChI is InChI=1S/C12H16N4O2/c17-11(14-5-2-6-16-7-8-16)12(18)15-10-3-1-4-13-9-10/h1,3-4,9H,2,5-8H2,(H,14,17)(H,15,18). The molecule has 1 saturated heterocycles. The Morgan fingerprint density at radius 1 is 1.33 bits per heavy atom. The van der Waals surface area contributed by atoms with Gasteiger partial charge in [-0.2, -0.15) is 0 Å². The summed E-state index contributed by atoms with van der Waals surface area (Å²) < 4.78 is 0. The Hall–Kier alpha value is -1.95. The number of anilines is 1. The van der Waals surface area contributed by atoms with Crippen LogP contribution in [0.3, 0.4) is 0 Å². The van der Waals surface area contributed by atoms with Gasteiger partial charge in [-0.25, -0.2) is 0 Å². The minimum absolute atomic E-state index is 0.516. The third-order valence-corrected chi connectivity index (χ3v) is 2.60. The minimum Gasteiger partial charge on any atom is -0.348 e. The zero-order valence-electron chi connectivity index (χ0n) is 10.1. The van der Waals surface area contributed by atoms with Gasteiger partial charge in [0.15, 0.2) is 0 Å². The van der Waals surface area contributed by atoms with Crippen LogP contribution in [-0.4, -0.2) is 47.9 Å². The molecule has 1 fully saturated rings. The summed E-state index contributed by atoms with van der Waals surface area (Å²) in [5.74, 6) is -1.26. The van der Waals surface area contributed by atoms with E-state index in [0.29, 0.717) is 12.2 Å². The number of amides is 2. The maximum Gasteiger partial charge on any atom is 0.313 e. The third-order valence-electron chi connectivity index (χ3n) is 2.60. The smallest absolute Gasteiger partial charge is 0.313 e. The summed E-state index contributed by atoms with van der Waals surface area (Å²) in [5, 5.41) is 5.07. The zero-order chi connectivity index (χ0) is 12.8. The lowest BCUT2D eigenvalue weighted by Crippen LogP contribution is -2.36. The van der Waals surface area contributed by atoms with Gasteiger partial charge in [0.1, 0.15) is 0 Å². The molecule has 1 aromatic heterocycles. The van der Waals surface area contributed by atoms with Gasteiger partial charge >= 0.3 is 11.8 Å². The average molecular weight is 248 g/mol. The molecule has 1 aromatic rings. The van der Waals surface area contributed by atoms with Gasteiger partial charge in [-0.3, -0.25) is 14.6 Å². The molecule has 0 spiro atoms. The first-order chi connectivity index (χ1) is 8.75. The number of pyridine rings is 1. The van der Waals surface area contributed by atoms with Crippen LogP contribution in [0, 0.1) is 0 Å². The predicted molar refractivity (Wildman–Crippen MR) is 66.9 cm³/mol. The SMILES string of the molecule is O=C(NCCCN1CC1)C(=O)Nc1cccnc1. The first kappa shape index (κ1) is 12.5. The number of nitrogens with one attached hydrogen (secondary N) is 2. The van der Waals surface area contributed by atoms with E-state index in [4.69, 9.17) is 0 Å². The van der Waals surface area contributed by atoms with Crippen LogP contribution in [0.1, 0.15) is 6.42 Å². The minimum atomic E-state index is -0.658. The second-order valence-electron chi connectivity index (χ2n) is 4.15. The maximum absolute atomic E-state index is 11.5. The molecule has 0 aliphatic carbocycles. The lowest BCUT2D eigenvalue weighted by molar-refractivity contribution is -0.136. The fourth-order valence-corrected chi connectivity index (χ4v) is 1.50. The van der Waals surface area contributed by atoms with E-state index in [1.54, 1.807) is 18.3 Å². The lowest BCUT2D eigenvalue weighted by atomic mass is 10.4. The second-order valence-corrected chi connectivity index (χ2v) is 4.15. The molecule has 0 radical (unpaired) electrons. The van der Waals surface area contributed by atoms with E-state index < -0.39 is 11.8 Å². The van der Waals surface area contributed by atoms with Gasteiger partial charge in [0.25, 0.3) is 0 Å². The Bertz CT molecular complexity index is 417. The van der Waals surface area contributed by atoms with Gasteiger partial charge in [0, 0.05) is 25.8 Å². The molecular formula is C12H16N4O2. The Balaban J connectivity index is 1.66. The predicted octanol–water partition coefficient (Wildman–Crippen LogP) is -0.158. The molecule has 0 unspecified atom stereocenters. The van der Waals surface area contributed by atoms with E-state index in [-0.39, 0.29) is 0 Å². The summed E-state index contributed by atoms with van der Waals surface area (Å²) in [4.78, 5) is 29.1. The molecule has 0 bridgehead atoms. The normalized spacial score (nSPS) is 14.0. The van der Waals surface area contributed by atoms with E-state index in [2.05, 4.69) is 20.5 Å². The lowest BCUT2D eigenvalue weighted by Gasteiger charge is -2.06. The number of aromatic nitrogens is 1. The van der Waals surface area contributed by atoms with Gasteiger partial charge in [0.05, 0.1) is 11.9 Å². The number of carbonyl (C=O) groups excluding carboxylic acids is 2. The highest BCUT2D eigenvalue weighted by atomic mass is 16.2. The van der Waals surface area contributed by atoms with Crippen molar-refractivity contribution in [3.63, 3.8) is 0 Å².